The highest BCUT2D eigenvalue weighted by Crippen LogP contribution is 2.22. The first-order valence-corrected chi connectivity index (χ1v) is 11.1. The van der Waals surface area contributed by atoms with Gasteiger partial charge in [-0.1, -0.05) is 54.6 Å². The summed E-state index contributed by atoms with van der Waals surface area (Å²) in [5.74, 6) is -1.17. The van der Waals surface area contributed by atoms with Crippen LogP contribution in [0.1, 0.15) is 33.2 Å². The Hall–Kier alpha value is -5.05. The Kier molecular flexibility index (Phi) is 7.30. The number of H-pyrrole nitrogens is 1. The number of fused-ring (bicyclic) bond motifs is 1. The van der Waals surface area contributed by atoms with Gasteiger partial charge in [-0.3, -0.25) is 14.4 Å². The first kappa shape index (κ1) is 24.1. The van der Waals surface area contributed by atoms with Gasteiger partial charge in [0.05, 0.1) is 11.6 Å². The van der Waals surface area contributed by atoms with Crippen LogP contribution in [0, 0.1) is 0 Å². The van der Waals surface area contributed by atoms with E-state index in [1.54, 1.807) is 78.9 Å². The van der Waals surface area contributed by atoms with Crippen LogP contribution in [-0.4, -0.2) is 33.3 Å². The standard InChI is InChI=1S/C27H23N5O4/c1-2-9-17-12-8-13-19(24(17)33)16-28-31-27(36)23(29-25(34)18-10-4-3-5-11-18)22-20-14-6-7-15-21(20)26(35)32-30-22/h2-8,10-16,23,33H,1,9H2,(H,29,34)(H,31,36)(H,32,35)/b28-16+/t23-/m1/s1. The van der Waals surface area contributed by atoms with Crippen molar-refractivity contribution >= 4 is 28.8 Å². The fourth-order valence-corrected chi connectivity index (χ4v) is 3.68. The molecule has 0 aliphatic rings. The molecule has 36 heavy (non-hydrogen) atoms. The maximum atomic E-state index is 13.2. The highest BCUT2D eigenvalue weighted by atomic mass is 16.3. The summed E-state index contributed by atoms with van der Waals surface area (Å²) < 4.78 is 0. The van der Waals surface area contributed by atoms with E-state index in [0.717, 1.165) is 0 Å². The Labute approximate surface area is 206 Å². The molecule has 0 saturated heterocycles. The van der Waals surface area contributed by atoms with Crippen molar-refractivity contribution in [2.24, 2.45) is 5.10 Å². The van der Waals surface area contributed by atoms with E-state index in [9.17, 15) is 19.5 Å². The molecule has 2 amide bonds. The van der Waals surface area contributed by atoms with Crippen molar-refractivity contribution < 1.29 is 14.7 Å². The Bertz CT molecular complexity index is 1510. The third-order valence-electron chi connectivity index (χ3n) is 5.47. The Morgan fingerprint density at radius 1 is 1.03 bits per heavy atom. The highest BCUT2D eigenvalue weighted by molar-refractivity contribution is 5.99. The van der Waals surface area contributed by atoms with Gasteiger partial charge in [0.15, 0.2) is 6.04 Å². The number of allylic oxidation sites excluding steroid dienone is 1. The number of hydrogen-bond acceptors (Lipinski definition) is 6. The molecular weight excluding hydrogens is 458 g/mol. The largest absolute Gasteiger partial charge is 0.507 e. The van der Waals surface area contributed by atoms with Crippen LogP contribution in [0.5, 0.6) is 5.75 Å². The van der Waals surface area contributed by atoms with Gasteiger partial charge in [-0.2, -0.15) is 10.2 Å². The molecule has 0 aliphatic carbocycles. The van der Waals surface area contributed by atoms with E-state index in [0.29, 0.717) is 33.9 Å². The molecule has 1 aromatic heterocycles. The zero-order chi connectivity index (χ0) is 25.5. The van der Waals surface area contributed by atoms with Crippen LogP contribution in [0.2, 0.25) is 0 Å². The van der Waals surface area contributed by atoms with Gasteiger partial charge < -0.3 is 10.4 Å². The lowest BCUT2D eigenvalue weighted by Crippen LogP contribution is -2.40. The number of amides is 2. The van der Waals surface area contributed by atoms with E-state index in [1.165, 1.54) is 6.21 Å². The molecule has 0 saturated carbocycles. The van der Waals surface area contributed by atoms with Crippen LogP contribution in [0.4, 0.5) is 0 Å². The van der Waals surface area contributed by atoms with Gasteiger partial charge in [0.2, 0.25) is 0 Å². The molecule has 4 rings (SSSR count). The Morgan fingerprint density at radius 3 is 2.50 bits per heavy atom. The summed E-state index contributed by atoms with van der Waals surface area (Å²) in [4.78, 5) is 38.4. The van der Waals surface area contributed by atoms with Gasteiger partial charge >= 0.3 is 0 Å². The lowest BCUT2D eigenvalue weighted by Gasteiger charge is -2.18. The SMILES string of the molecule is C=CCc1cccc(/C=N/NC(=O)[C@H](NC(=O)c2ccccc2)c2n[nH]c(=O)c3ccccc23)c1O. The molecule has 180 valence electrons. The summed E-state index contributed by atoms with van der Waals surface area (Å²) in [6.07, 6.45) is 3.44. The zero-order valence-corrected chi connectivity index (χ0v) is 19.1. The number of hydrogen-bond donors (Lipinski definition) is 4. The summed E-state index contributed by atoms with van der Waals surface area (Å²) in [5.41, 5.74) is 3.53. The fourth-order valence-electron chi connectivity index (χ4n) is 3.68. The number of aromatic nitrogens is 2. The zero-order valence-electron chi connectivity index (χ0n) is 19.1. The molecule has 1 atom stereocenters. The Morgan fingerprint density at radius 2 is 1.75 bits per heavy atom. The normalized spacial score (nSPS) is 11.8. The number of phenolic OH excluding ortho intramolecular Hbond substituents is 1. The van der Waals surface area contributed by atoms with Crippen LogP contribution >= 0.6 is 0 Å². The number of carbonyl (C=O) groups is 2. The van der Waals surface area contributed by atoms with Crippen molar-refractivity contribution in [3.05, 3.63) is 118 Å². The minimum Gasteiger partial charge on any atom is -0.507 e. The average Bonchev–Trinajstić information content (AvgIpc) is 2.90. The Balaban J connectivity index is 1.66. The lowest BCUT2D eigenvalue weighted by molar-refractivity contribution is -0.123. The molecule has 4 aromatic rings. The first-order chi connectivity index (χ1) is 17.5. The fraction of sp³-hybridized carbons (Fsp3) is 0.0741. The number of carbonyl (C=O) groups excluding carboxylic acids is 2. The summed E-state index contributed by atoms with van der Waals surface area (Å²) in [7, 11) is 0. The number of benzene rings is 3. The van der Waals surface area contributed by atoms with Crippen LogP contribution in [0.25, 0.3) is 10.8 Å². The van der Waals surface area contributed by atoms with Gasteiger partial charge in [0, 0.05) is 16.5 Å². The summed E-state index contributed by atoms with van der Waals surface area (Å²) in [5, 5.41) is 24.2. The second-order valence-electron chi connectivity index (χ2n) is 7.84. The van der Waals surface area contributed by atoms with E-state index >= 15 is 0 Å². The number of nitrogens with zero attached hydrogens (tertiary/aromatic N) is 2. The molecule has 9 nitrogen and oxygen atoms in total. The van der Waals surface area contributed by atoms with Gasteiger partial charge in [0.1, 0.15) is 11.4 Å². The average molecular weight is 482 g/mol. The molecule has 4 N–H and O–H groups in total. The molecule has 0 unspecified atom stereocenters. The third kappa shape index (κ3) is 5.20. The maximum absolute atomic E-state index is 13.2. The second kappa shape index (κ2) is 10.9. The number of rotatable bonds is 8. The molecule has 9 heteroatoms. The van der Waals surface area contributed by atoms with Gasteiger partial charge in [-0.15, -0.1) is 6.58 Å². The number of hydrazone groups is 1. The molecule has 1 heterocycles. The number of aromatic amines is 1. The molecular formula is C27H23N5O4. The van der Waals surface area contributed by atoms with E-state index < -0.39 is 23.4 Å². The molecule has 0 radical (unpaired) electrons. The van der Waals surface area contributed by atoms with Crippen LogP contribution in [0.3, 0.4) is 0 Å². The minimum atomic E-state index is -1.28. The van der Waals surface area contributed by atoms with Gasteiger partial charge in [-0.05, 0) is 36.2 Å². The molecule has 0 aliphatic heterocycles. The summed E-state index contributed by atoms with van der Waals surface area (Å²) in [6.45, 7) is 3.67. The van der Waals surface area contributed by atoms with Crippen molar-refractivity contribution in [3.63, 3.8) is 0 Å². The molecule has 0 bridgehead atoms. The van der Waals surface area contributed by atoms with Gasteiger partial charge in [-0.25, -0.2) is 10.5 Å². The van der Waals surface area contributed by atoms with E-state index in [2.05, 4.69) is 32.6 Å². The van der Waals surface area contributed by atoms with Gasteiger partial charge in [0.25, 0.3) is 17.4 Å². The van der Waals surface area contributed by atoms with Crippen LogP contribution in [-0.2, 0) is 11.2 Å². The van der Waals surface area contributed by atoms with E-state index in [1.807, 2.05) is 0 Å². The quantitative estimate of drug-likeness (QED) is 0.174. The van der Waals surface area contributed by atoms with Crippen molar-refractivity contribution in [1.82, 2.24) is 20.9 Å². The monoisotopic (exact) mass is 481 g/mol. The number of nitrogens with one attached hydrogen (secondary N) is 3. The minimum absolute atomic E-state index is 0.0256. The second-order valence-corrected chi connectivity index (χ2v) is 7.84. The lowest BCUT2D eigenvalue weighted by atomic mass is 10.0. The maximum Gasteiger partial charge on any atom is 0.272 e. The number of aromatic hydroxyl groups is 1. The van der Waals surface area contributed by atoms with Crippen molar-refractivity contribution in [3.8, 4) is 5.75 Å². The molecule has 0 spiro atoms. The van der Waals surface area contributed by atoms with Crippen molar-refractivity contribution in [2.75, 3.05) is 0 Å². The summed E-state index contributed by atoms with van der Waals surface area (Å²) >= 11 is 0. The van der Waals surface area contributed by atoms with E-state index in [4.69, 9.17) is 0 Å². The smallest absolute Gasteiger partial charge is 0.272 e. The predicted octanol–water partition coefficient (Wildman–Crippen LogP) is 2.98. The topological polar surface area (TPSA) is 137 Å². The molecule has 3 aromatic carbocycles. The first-order valence-electron chi connectivity index (χ1n) is 11.1. The third-order valence-corrected chi connectivity index (χ3v) is 5.47. The highest BCUT2D eigenvalue weighted by Gasteiger charge is 2.27. The van der Waals surface area contributed by atoms with E-state index in [-0.39, 0.29) is 11.4 Å². The summed E-state index contributed by atoms with van der Waals surface area (Å²) in [6, 6.07) is 18.9. The van der Waals surface area contributed by atoms with Crippen LogP contribution < -0.4 is 16.3 Å². The number of phenols is 1. The predicted molar refractivity (Wildman–Crippen MR) is 137 cm³/mol. The van der Waals surface area contributed by atoms with Crippen LogP contribution in [0.15, 0.2) is 95.3 Å². The van der Waals surface area contributed by atoms with Crippen molar-refractivity contribution in [2.45, 2.75) is 12.5 Å². The van der Waals surface area contributed by atoms with Crippen molar-refractivity contribution in [1.29, 1.82) is 0 Å². The molecule has 0 fully saturated rings. The number of para-hydroxylation sites is 1.